The summed E-state index contributed by atoms with van der Waals surface area (Å²) >= 11 is 0. The molecule has 17 heavy (non-hydrogen) atoms. The van der Waals surface area contributed by atoms with Gasteiger partial charge in [0.1, 0.15) is 11.5 Å². The van der Waals surface area contributed by atoms with Crippen molar-refractivity contribution in [2.75, 3.05) is 0 Å². The summed E-state index contributed by atoms with van der Waals surface area (Å²) in [5.41, 5.74) is 0.240. The standard InChI is InChI=1S/C12H13NO4/c1-7(12(15)8-2-3-8)10-6-9(13(16)17)4-5-11(10)14/h4-8,14H,2-3H2,1H3/t7-/m1/s1. The molecule has 1 fully saturated rings. The third-order valence-corrected chi connectivity index (χ3v) is 3.09. The zero-order chi connectivity index (χ0) is 12.6. The van der Waals surface area contributed by atoms with Gasteiger partial charge >= 0.3 is 0 Å². The van der Waals surface area contributed by atoms with Crippen LogP contribution in [0.15, 0.2) is 18.2 Å². The van der Waals surface area contributed by atoms with Crippen molar-refractivity contribution in [3.8, 4) is 5.75 Å². The third kappa shape index (κ3) is 2.27. The first-order valence-electron chi connectivity index (χ1n) is 5.51. The van der Waals surface area contributed by atoms with E-state index in [0.29, 0.717) is 5.56 Å². The van der Waals surface area contributed by atoms with Gasteiger partial charge in [0, 0.05) is 29.5 Å². The van der Waals surface area contributed by atoms with Gasteiger partial charge in [-0.05, 0) is 18.9 Å². The van der Waals surface area contributed by atoms with Gasteiger partial charge in [-0.2, -0.15) is 0 Å². The van der Waals surface area contributed by atoms with E-state index < -0.39 is 10.8 Å². The lowest BCUT2D eigenvalue weighted by molar-refractivity contribution is -0.384. The Labute approximate surface area is 98.2 Å². The highest BCUT2D eigenvalue weighted by Gasteiger charge is 2.34. The fraction of sp³-hybridized carbons (Fsp3) is 0.417. The van der Waals surface area contributed by atoms with Gasteiger partial charge in [0.2, 0.25) is 0 Å². The molecular formula is C12H13NO4. The molecule has 1 atom stereocenters. The molecule has 0 saturated heterocycles. The van der Waals surface area contributed by atoms with Crippen LogP contribution in [-0.4, -0.2) is 15.8 Å². The second kappa shape index (κ2) is 4.16. The van der Waals surface area contributed by atoms with Crippen LogP contribution in [0.1, 0.15) is 31.2 Å². The van der Waals surface area contributed by atoms with Crippen LogP contribution in [0.4, 0.5) is 5.69 Å². The highest BCUT2D eigenvalue weighted by Crippen LogP contribution is 2.38. The molecule has 1 saturated carbocycles. The monoisotopic (exact) mass is 235 g/mol. The zero-order valence-electron chi connectivity index (χ0n) is 9.42. The van der Waals surface area contributed by atoms with Crippen LogP contribution in [0.3, 0.4) is 0 Å². The minimum absolute atomic E-state index is 0.0563. The Hall–Kier alpha value is -1.91. The second-order valence-corrected chi connectivity index (χ2v) is 4.40. The molecule has 0 unspecified atom stereocenters. The molecule has 0 heterocycles. The van der Waals surface area contributed by atoms with Crippen molar-refractivity contribution in [2.45, 2.75) is 25.7 Å². The summed E-state index contributed by atoms with van der Waals surface area (Å²) in [5, 5.41) is 20.3. The average molecular weight is 235 g/mol. The topological polar surface area (TPSA) is 80.4 Å². The number of carbonyl (C=O) groups is 1. The number of non-ortho nitro benzene ring substituents is 1. The van der Waals surface area contributed by atoms with Crippen LogP contribution in [0.5, 0.6) is 5.75 Å². The number of phenols is 1. The summed E-state index contributed by atoms with van der Waals surface area (Å²) in [4.78, 5) is 22.0. The Morgan fingerprint density at radius 1 is 1.53 bits per heavy atom. The summed E-state index contributed by atoms with van der Waals surface area (Å²) in [7, 11) is 0. The number of phenolic OH excluding ortho intramolecular Hbond substituents is 1. The summed E-state index contributed by atoms with van der Waals surface area (Å²) < 4.78 is 0. The van der Waals surface area contributed by atoms with Crippen LogP contribution in [0.25, 0.3) is 0 Å². The largest absolute Gasteiger partial charge is 0.508 e. The number of ketones is 1. The van der Waals surface area contributed by atoms with Crippen molar-refractivity contribution in [3.63, 3.8) is 0 Å². The third-order valence-electron chi connectivity index (χ3n) is 3.09. The lowest BCUT2D eigenvalue weighted by Gasteiger charge is -2.11. The maximum atomic E-state index is 11.9. The first-order chi connectivity index (χ1) is 8.00. The quantitative estimate of drug-likeness (QED) is 0.641. The highest BCUT2D eigenvalue weighted by atomic mass is 16.6. The van der Waals surface area contributed by atoms with Crippen LogP contribution in [-0.2, 0) is 4.79 Å². The Morgan fingerprint density at radius 2 is 2.18 bits per heavy atom. The first kappa shape index (κ1) is 11.6. The average Bonchev–Trinajstić information content (AvgIpc) is 3.11. The number of rotatable bonds is 4. The van der Waals surface area contributed by atoms with E-state index in [1.54, 1.807) is 6.92 Å². The van der Waals surface area contributed by atoms with E-state index in [2.05, 4.69) is 0 Å². The van der Waals surface area contributed by atoms with Gasteiger partial charge in [-0.25, -0.2) is 0 Å². The van der Waals surface area contributed by atoms with E-state index in [4.69, 9.17) is 0 Å². The van der Waals surface area contributed by atoms with Crippen molar-refractivity contribution in [1.29, 1.82) is 0 Å². The van der Waals surface area contributed by atoms with E-state index in [1.807, 2.05) is 0 Å². The molecule has 0 aromatic heterocycles. The number of nitro groups is 1. The zero-order valence-corrected chi connectivity index (χ0v) is 9.42. The fourth-order valence-electron chi connectivity index (χ4n) is 1.88. The molecule has 90 valence electrons. The number of Topliss-reactive ketones (excluding diaryl/α,β-unsaturated/α-hetero) is 1. The fourth-order valence-corrected chi connectivity index (χ4v) is 1.88. The molecule has 1 aliphatic carbocycles. The van der Waals surface area contributed by atoms with Gasteiger partial charge in [0.25, 0.3) is 5.69 Å². The van der Waals surface area contributed by atoms with Crippen molar-refractivity contribution in [1.82, 2.24) is 0 Å². The summed E-state index contributed by atoms with van der Waals surface area (Å²) in [5.74, 6) is -0.413. The van der Waals surface area contributed by atoms with E-state index >= 15 is 0 Å². The molecular weight excluding hydrogens is 222 g/mol. The van der Waals surface area contributed by atoms with Gasteiger partial charge in [-0.3, -0.25) is 14.9 Å². The molecule has 1 aromatic rings. The maximum Gasteiger partial charge on any atom is 0.269 e. The van der Waals surface area contributed by atoms with E-state index in [0.717, 1.165) is 12.8 Å². The second-order valence-electron chi connectivity index (χ2n) is 4.40. The van der Waals surface area contributed by atoms with Crippen molar-refractivity contribution < 1.29 is 14.8 Å². The molecule has 5 nitrogen and oxygen atoms in total. The van der Waals surface area contributed by atoms with Crippen LogP contribution in [0, 0.1) is 16.0 Å². The number of hydrogen-bond acceptors (Lipinski definition) is 4. The van der Waals surface area contributed by atoms with Crippen LogP contribution in [0.2, 0.25) is 0 Å². The van der Waals surface area contributed by atoms with Gasteiger partial charge in [-0.1, -0.05) is 6.92 Å². The number of aromatic hydroxyl groups is 1. The lowest BCUT2D eigenvalue weighted by Crippen LogP contribution is -2.11. The SMILES string of the molecule is C[C@@H](C(=O)C1CC1)c1cc([N+](=O)[O-])ccc1O. The predicted octanol–water partition coefficient (Wildman–Crippen LogP) is 2.38. The normalized spacial score (nSPS) is 16.5. The molecule has 1 aliphatic rings. The van der Waals surface area contributed by atoms with Crippen LogP contribution >= 0.6 is 0 Å². The summed E-state index contributed by atoms with van der Waals surface area (Å²) in [6.07, 6.45) is 1.78. The minimum Gasteiger partial charge on any atom is -0.508 e. The molecule has 0 amide bonds. The predicted molar refractivity (Wildman–Crippen MR) is 60.9 cm³/mol. The highest BCUT2D eigenvalue weighted by molar-refractivity contribution is 5.90. The van der Waals surface area contributed by atoms with Gasteiger partial charge in [-0.15, -0.1) is 0 Å². The Bertz CT molecular complexity index is 479. The van der Waals surface area contributed by atoms with Gasteiger partial charge in [0.05, 0.1) is 4.92 Å². The van der Waals surface area contributed by atoms with Crippen LogP contribution < -0.4 is 0 Å². The smallest absolute Gasteiger partial charge is 0.269 e. The number of nitrogens with zero attached hydrogens (tertiary/aromatic N) is 1. The molecule has 0 bridgehead atoms. The van der Waals surface area contributed by atoms with Gasteiger partial charge in [0.15, 0.2) is 0 Å². The van der Waals surface area contributed by atoms with Crippen molar-refractivity contribution in [3.05, 3.63) is 33.9 Å². The molecule has 1 N–H and O–H groups in total. The first-order valence-corrected chi connectivity index (χ1v) is 5.51. The van der Waals surface area contributed by atoms with E-state index in [1.165, 1.54) is 18.2 Å². The Balaban J connectivity index is 2.32. The van der Waals surface area contributed by atoms with Gasteiger partial charge < -0.3 is 5.11 Å². The Morgan fingerprint density at radius 3 is 2.71 bits per heavy atom. The van der Waals surface area contributed by atoms with Crippen molar-refractivity contribution in [2.24, 2.45) is 5.92 Å². The molecule has 0 spiro atoms. The maximum absolute atomic E-state index is 11.9. The van der Waals surface area contributed by atoms with E-state index in [-0.39, 0.29) is 23.1 Å². The molecule has 0 aliphatic heterocycles. The number of carbonyl (C=O) groups excluding carboxylic acids is 1. The number of benzene rings is 1. The molecule has 2 rings (SSSR count). The molecule has 1 aromatic carbocycles. The summed E-state index contributed by atoms with van der Waals surface area (Å²) in [6, 6.07) is 3.78. The van der Waals surface area contributed by atoms with E-state index in [9.17, 15) is 20.0 Å². The number of nitro benzene ring substituents is 1. The van der Waals surface area contributed by atoms with Crippen molar-refractivity contribution >= 4 is 11.5 Å². The molecule has 5 heteroatoms. The lowest BCUT2D eigenvalue weighted by atomic mass is 9.93. The molecule has 0 radical (unpaired) electrons. The summed E-state index contributed by atoms with van der Waals surface area (Å²) in [6.45, 7) is 1.68. The Kier molecular flexibility index (Phi) is 2.83. The number of hydrogen-bond donors (Lipinski definition) is 1. The minimum atomic E-state index is -0.530.